The van der Waals surface area contributed by atoms with E-state index >= 15 is 0 Å². The summed E-state index contributed by atoms with van der Waals surface area (Å²) in [7, 11) is 0. The van der Waals surface area contributed by atoms with Gasteiger partial charge in [0, 0.05) is 5.56 Å². The minimum Gasteiger partial charge on any atom is -0.480 e. The summed E-state index contributed by atoms with van der Waals surface area (Å²) in [5.74, 6) is -1.82. The Morgan fingerprint density at radius 3 is 2.47 bits per heavy atom. The molecule has 0 aliphatic heterocycles. The lowest BCUT2D eigenvalue weighted by molar-refractivity contribution is -0.139. The smallest absolute Gasteiger partial charge is 0.326 e. The van der Waals surface area contributed by atoms with Crippen molar-refractivity contribution in [2.45, 2.75) is 33.2 Å². The van der Waals surface area contributed by atoms with Gasteiger partial charge in [-0.1, -0.05) is 13.8 Å². The van der Waals surface area contributed by atoms with Crippen molar-refractivity contribution in [3.8, 4) is 0 Å². The lowest BCUT2D eigenvalue weighted by Gasteiger charge is -2.16. The third-order valence-electron chi connectivity index (χ3n) is 2.73. The SMILES string of the molecule is Cc1cc(C(=O)N[C@@H](CC(C)C)C(=O)O)ccc1F. The second-order valence-electron chi connectivity index (χ2n) is 4.96. The number of carbonyl (C=O) groups excluding carboxylic acids is 1. The van der Waals surface area contributed by atoms with Gasteiger partial charge in [0.1, 0.15) is 11.9 Å². The van der Waals surface area contributed by atoms with Gasteiger partial charge in [-0.25, -0.2) is 9.18 Å². The molecule has 0 radical (unpaired) electrons. The second kappa shape index (κ2) is 6.31. The van der Waals surface area contributed by atoms with Gasteiger partial charge in [0.05, 0.1) is 0 Å². The van der Waals surface area contributed by atoms with E-state index in [4.69, 9.17) is 5.11 Å². The monoisotopic (exact) mass is 267 g/mol. The van der Waals surface area contributed by atoms with Crippen LogP contribution >= 0.6 is 0 Å². The fraction of sp³-hybridized carbons (Fsp3) is 0.429. The third kappa shape index (κ3) is 4.35. The molecule has 0 heterocycles. The maximum atomic E-state index is 13.1. The van der Waals surface area contributed by atoms with E-state index < -0.39 is 23.7 Å². The number of carboxylic acids is 1. The summed E-state index contributed by atoms with van der Waals surface area (Å²) in [4.78, 5) is 23.0. The van der Waals surface area contributed by atoms with Crippen LogP contribution in [-0.2, 0) is 4.79 Å². The third-order valence-corrected chi connectivity index (χ3v) is 2.73. The van der Waals surface area contributed by atoms with Gasteiger partial charge in [0.15, 0.2) is 0 Å². The van der Waals surface area contributed by atoms with E-state index in [-0.39, 0.29) is 11.5 Å². The summed E-state index contributed by atoms with van der Waals surface area (Å²) in [6.07, 6.45) is 0.348. The van der Waals surface area contributed by atoms with Gasteiger partial charge in [-0.2, -0.15) is 0 Å². The number of benzene rings is 1. The van der Waals surface area contributed by atoms with Crippen LogP contribution in [0, 0.1) is 18.7 Å². The molecule has 1 aromatic carbocycles. The van der Waals surface area contributed by atoms with Gasteiger partial charge in [0.25, 0.3) is 5.91 Å². The van der Waals surface area contributed by atoms with Crippen molar-refractivity contribution in [2.24, 2.45) is 5.92 Å². The molecule has 104 valence electrons. The van der Waals surface area contributed by atoms with Crippen LogP contribution in [0.3, 0.4) is 0 Å². The first-order valence-corrected chi connectivity index (χ1v) is 6.11. The number of hydrogen-bond donors (Lipinski definition) is 2. The summed E-state index contributed by atoms with van der Waals surface area (Å²) < 4.78 is 13.1. The Morgan fingerprint density at radius 1 is 1.37 bits per heavy atom. The van der Waals surface area contributed by atoms with E-state index in [0.29, 0.717) is 12.0 Å². The molecule has 1 atom stereocenters. The highest BCUT2D eigenvalue weighted by Crippen LogP contribution is 2.11. The van der Waals surface area contributed by atoms with Crippen LogP contribution in [0.25, 0.3) is 0 Å². The average Bonchev–Trinajstić information content (AvgIpc) is 2.31. The minimum atomic E-state index is -1.07. The molecule has 1 amide bonds. The van der Waals surface area contributed by atoms with E-state index in [1.165, 1.54) is 18.2 Å². The van der Waals surface area contributed by atoms with Crippen molar-refractivity contribution >= 4 is 11.9 Å². The highest BCUT2D eigenvalue weighted by Gasteiger charge is 2.21. The average molecular weight is 267 g/mol. The quantitative estimate of drug-likeness (QED) is 0.860. The Balaban J connectivity index is 2.81. The molecule has 0 aliphatic rings. The van der Waals surface area contributed by atoms with Gasteiger partial charge in [-0.05, 0) is 43.0 Å². The number of aryl methyl sites for hydroxylation is 1. The van der Waals surface area contributed by atoms with Crippen LogP contribution < -0.4 is 5.32 Å². The molecule has 0 saturated carbocycles. The summed E-state index contributed by atoms with van der Waals surface area (Å²) in [6, 6.07) is 3.01. The van der Waals surface area contributed by atoms with Crippen molar-refractivity contribution in [1.29, 1.82) is 0 Å². The molecule has 0 aliphatic carbocycles. The van der Waals surface area contributed by atoms with Crippen molar-refractivity contribution in [2.75, 3.05) is 0 Å². The lowest BCUT2D eigenvalue weighted by Crippen LogP contribution is -2.41. The Kier molecular flexibility index (Phi) is 5.03. The molecular formula is C14H18FNO3. The molecule has 0 aromatic heterocycles. The molecule has 0 bridgehead atoms. The number of halogens is 1. The summed E-state index contributed by atoms with van der Waals surface area (Å²) in [6.45, 7) is 5.31. The van der Waals surface area contributed by atoms with Gasteiger partial charge in [-0.15, -0.1) is 0 Å². The number of carbonyl (C=O) groups is 2. The highest BCUT2D eigenvalue weighted by atomic mass is 19.1. The van der Waals surface area contributed by atoms with E-state index in [1.54, 1.807) is 6.92 Å². The molecule has 0 unspecified atom stereocenters. The Bertz CT molecular complexity index is 486. The molecule has 0 saturated heterocycles. The minimum absolute atomic E-state index is 0.149. The van der Waals surface area contributed by atoms with Crippen LogP contribution in [0.4, 0.5) is 4.39 Å². The predicted octanol–water partition coefficient (Wildman–Crippen LogP) is 2.36. The standard InChI is InChI=1S/C14H18FNO3/c1-8(2)6-12(14(18)19)16-13(17)10-4-5-11(15)9(3)7-10/h4-5,7-8,12H,6H2,1-3H3,(H,16,17)(H,18,19)/t12-/m0/s1. The molecule has 1 aromatic rings. The van der Waals surface area contributed by atoms with Gasteiger partial charge < -0.3 is 10.4 Å². The zero-order valence-electron chi connectivity index (χ0n) is 11.2. The molecule has 0 spiro atoms. The fourth-order valence-electron chi connectivity index (χ4n) is 1.72. The summed E-state index contributed by atoms with van der Waals surface area (Å²) in [5, 5.41) is 11.5. The van der Waals surface area contributed by atoms with Crippen LogP contribution in [0.15, 0.2) is 18.2 Å². The Hall–Kier alpha value is -1.91. The van der Waals surface area contributed by atoms with Gasteiger partial charge in [0.2, 0.25) is 0 Å². The van der Waals surface area contributed by atoms with Crippen LogP contribution in [0.5, 0.6) is 0 Å². The second-order valence-corrected chi connectivity index (χ2v) is 4.96. The first-order chi connectivity index (χ1) is 8.81. The van der Waals surface area contributed by atoms with Crippen molar-refractivity contribution < 1.29 is 19.1 Å². The van der Waals surface area contributed by atoms with Crippen molar-refractivity contribution in [3.63, 3.8) is 0 Å². The van der Waals surface area contributed by atoms with E-state index in [2.05, 4.69) is 5.32 Å². The summed E-state index contributed by atoms with van der Waals surface area (Å²) >= 11 is 0. The Morgan fingerprint density at radius 2 is 2.00 bits per heavy atom. The topological polar surface area (TPSA) is 66.4 Å². The number of nitrogens with one attached hydrogen (secondary N) is 1. The van der Waals surface area contributed by atoms with Crippen LogP contribution in [-0.4, -0.2) is 23.0 Å². The maximum absolute atomic E-state index is 13.1. The summed E-state index contributed by atoms with van der Waals surface area (Å²) in [5.41, 5.74) is 0.609. The van der Waals surface area contributed by atoms with E-state index in [0.717, 1.165) is 0 Å². The fourth-order valence-corrected chi connectivity index (χ4v) is 1.72. The number of rotatable bonds is 5. The lowest BCUT2D eigenvalue weighted by atomic mass is 10.0. The van der Waals surface area contributed by atoms with Crippen molar-refractivity contribution in [3.05, 3.63) is 35.1 Å². The molecule has 0 fully saturated rings. The first-order valence-electron chi connectivity index (χ1n) is 6.11. The zero-order chi connectivity index (χ0) is 14.6. The normalized spacial score (nSPS) is 12.3. The molecule has 5 heteroatoms. The van der Waals surface area contributed by atoms with Gasteiger partial charge >= 0.3 is 5.97 Å². The van der Waals surface area contributed by atoms with Crippen LogP contribution in [0.2, 0.25) is 0 Å². The van der Waals surface area contributed by atoms with E-state index in [1.807, 2.05) is 13.8 Å². The number of carboxylic acid groups (broad SMARTS) is 1. The maximum Gasteiger partial charge on any atom is 0.326 e. The molecule has 1 rings (SSSR count). The molecule has 19 heavy (non-hydrogen) atoms. The highest BCUT2D eigenvalue weighted by molar-refractivity contribution is 5.96. The van der Waals surface area contributed by atoms with Crippen LogP contribution in [0.1, 0.15) is 36.2 Å². The first kappa shape index (κ1) is 15.1. The Labute approximate surface area is 111 Å². The van der Waals surface area contributed by atoms with E-state index in [9.17, 15) is 14.0 Å². The zero-order valence-corrected chi connectivity index (χ0v) is 11.2. The number of amides is 1. The molecule has 2 N–H and O–H groups in total. The molecular weight excluding hydrogens is 249 g/mol. The molecule has 4 nitrogen and oxygen atoms in total. The van der Waals surface area contributed by atoms with Crippen molar-refractivity contribution in [1.82, 2.24) is 5.32 Å². The number of aliphatic carboxylic acids is 1. The predicted molar refractivity (Wildman–Crippen MR) is 69.5 cm³/mol. The largest absolute Gasteiger partial charge is 0.480 e. The number of hydrogen-bond acceptors (Lipinski definition) is 2. The van der Waals surface area contributed by atoms with Gasteiger partial charge in [-0.3, -0.25) is 4.79 Å².